The molecule has 96 valence electrons. The Morgan fingerprint density at radius 3 is 2.67 bits per heavy atom. The van der Waals surface area contributed by atoms with Crippen molar-refractivity contribution in [2.24, 2.45) is 0 Å². The maximum atomic E-state index is 12.3. The number of aryl methyl sites for hydroxylation is 1. The second-order valence-corrected chi connectivity index (χ2v) is 5.27. The van der Waals surface area contributed by atoms with E-state index in [-0.39, 0.29) is 16.8 Å². The summed E-state index contributed by atoms with van der Waals surface area (Å²) in [6, 6.07) is -0.305. The predicted octanol–water partition coefficient (Wildman–Crippen LogP) is 3.70. The van der Waals surface area contributed by atoms with Gasteiger partial charge in [0.05, 0.1) is 21.7 Å². The lowest BCUT2D eigenvalue weighted by atomic mass is 10.1. The van der Waals surface area contributed by atoms with Gasteiger partial charge < -0.3 is 0 Å². The van der Waals surface area contributed by atoms with Crippen molar-refractivity contribution in [3.05, 3.63) is 49.1 Å². The standard InChI is InChI=1S/C12H11Cl3N2O/c1-6-11(15)16-7(2)17(12(6)18)9-5-3-4-8(13)10(9)14/h3-4,9H,5H2,1-2H3/t9-/m0/s1. The Morgan fingerprint density at radius 1 is 1.33 bits per heavy atom. The molecule has 0 unspecified atom stereocenters. The van der Waals surface area contributed by atoms with E-state index in [9.17, 15) is 4.79 Å². The molecule has 0 saturated heterocycles. The molecule has 3 nitrogen and oxygen atoms in total. The van der Waals surface area contributed by atoms with Crippen LogP contribution in [0, 0.1) is 13.8 Å². The zero-order chi connectivity index (χ0) is 13.4. The second-order valence-electron chi connectivity index (χ2n) is 4.10. The van der Waals surface area contributed by atoms with Crippen molar-refractivity contribution in [2.75, 3.05) is 0 Å². The lowest BCUT2D eigenvalue weighted by Gasteiger charge is -2.23. The monoisotopic (exact) mass is 304 g/mol. The number of allylic oxidation sites excluding steroid dienone is 4. The van der Waals surface area contributed by atoms with Crippen molar-refractivity contribution in [1.82, 2.24) is 9.55 Å². The number of aromatic nitrogens is 2. The molecule has 18 heavy (non-hydrogen) atoms. The summed E-state index contributed by atoms with van der Waals surface area (Å²) < 4.78 is 1.54. The Labute approximate surface area is 120 Å². The predicted molar refractivity (Wildman–Crippen MR) is 74.5 cm³/mol. The van der Waals surface area contributed by atoms with Crippen LogP contribution in [0.4, 0.5) is 0 Å². The normalized spacial score (nSPS) is 19.5. The zero-order valence-corrected chi connectivity index (χ0v) is 12.1. The third kappa shape index (κ3) is 2.22. The van der Waals surface area contributed by atoms with Crippen molar-refractivity contribution in [3.63, 3.8) is 0 Å². The van der Waals surface area contributed by atoms with Gasteiger partial charge in [0.15, 0.2) is 0 Å². The van der Waals surface area contributed by atoms with Crippen LogP contribution in [-0.4, -0.2) is 9.55 Å². The number of rotatable bonds is 1. The van der Waals surface area contributed by atoms with Gasteiger partial charge in [-0.1, -0.05) is 40.9 Å². The van der Waals surface area contributed by atoms with Gasteiger partial charge in [-0.05, 0) is 26.3 Å². The molecule has 1 heterocycles. The van der Waals surface area contributed by atoms with Crippen LogP contribution in [0.15, 0.2) is 27.0 Å². The average molecular weight is 306 g/mol. The molecule has 0 aromatic carbocycles. The molecule has 0 radical (unpaired) electrons. The molecule has 0 fully saturated rings. The van der Waals surface area contributed by atoms with Gasteiger partial charge in [-0.15, -0.1) is 0 Å². The molecular weight excluding hydrogens is 295 g/mol. The molecule has 0 saturated carbocycles. The van der Waals surface area contributed by atoms with Crippen molar-refractivity contribution in [3.8, 4) is 0 Å². The van der Waals surface area contributed by atoms with Crippen LogP contribution >= 0.6 is 34.8 Å². The summed E-state index contributed by atoms with van der Waals surface area (Å²) in [4.78, 5) is 16.4. The Morgan fingerprint density at radius 2 is 2.00 bits per heavy atom. The van der Waals surface area contributed by atoms with Crippen LogP contribution in [0.2, 0.25) is 5.15 Å². The first-order chi connectivity index (χ1) is 8.43. The molecule has 0 amide bonds. The molecule has 1 aliphatic rings. The van der Waals surface area contributed by atoms with Crippen molar-refractivity contribution >= 4 is 34.8 Å². The summed E-state index contributed by atoms with van der Waals surface area (Å²) in [6.07, 6.45) is 4.23. The smallest absolute Gasteiger partial charge is 0.258 e. The minimum absolute atomic E-state index is 0.185. The minimum Gasteiger partial charge on any atom is -0.288 e. The zero-order valence-electron chi connectivity index (χ0n) is 9.88. The fourth-order valence-corrected chi connectivity index (χ4v) is 2.59. The van der Waals surface area contributed by atoms with E-state index in [0.717, 1.165) is 0 Å². The molecule has 1 atom stereocenters. The topological polar surface area (TPSA) is 34.9 Å². The lowest BCUT2D eigenvalue weighted by Crippen LogP contribution is -2.30. The van der Waals surface area contributed by atoms with E-state index < -0.39 is 0 Å². The van der Waals surface area contributed by atoms with Crippen LogP contribution < -0.4 is 5.56 Å². The highest BCUT2D eigenvalue weighted by molar-refractivity contribution is 6.40. The van der Waals surface area contributed by atoms with Crippen molar-refractivity contribution in [2.45, 2.75) is 26.3 Å². The van der Waals surface area contributed by atoms with Gasteiger partial charge in [-0.25, -0.2) is 4.98 Å². The van der Waals surface area contributed by atoms with Gasteiger partial charge in [0, 0.05) is 0 Å². The summed E-state index contributed by atoms with van der Waals surface area (Å²) in [7, 11) is 0. The van der Waals surface area contributed by atoms with Gasteiger partial charge >= 0.3 is 0 Å². The first-order valence-corrected chi connectivity index (χ1v) is 6.53. The molecule has 1 aliphatic carbocycles. The van der Waals surface area contributed by atoms with E-state index in [1.807, 2.05) is 6.08 Å². The minimum atomic E-state index is -0.305. The van der Waals surface area contributed by atoms with E-state index in [2.05, 4.69) is 4.98 Å². The van der Waals surface area contributed by atoms with E-state index in [1.54, 1.807) is 19.9 Å². The third-order valence-corrected chi connectivity index (χ3v) is 4.16. The highest BCUT2D eigenvalue weighted by Crippen LogP contribution is 2.34. The first kappa shape index (κ1) is 13.7. The maximum Gasteiger partial charge on any atom is 0.258 e. The van der Waals surface area contributed by atoms with E-state index in [1.165, 1.54) is 4.57 Å². The Bertz CT molecular complexity index is 616. The number of halogens is 3. The maximum absolute atomic E-state index is 12.3. The fraction of sp³-hybridized carbons (Fsp3) is 0.333. The summed E-state index contributed by atoms with van der Waals surface area (Å²) in [5, 5.41) is 1.13. The SMILES string of the molecule is Cc1c(Cl)nc(C)n([C@H]2CC=CC(Cl)=C2Cl)c1=O. The van der Waals surface area contributed by atoms with E-state index in [4.69, 9.17) is 34.8 Å². The van der Waals surface area contributed by atoms with Crippen LogP contribution in [0.25, 0.3) is 0 Å². The van der Waals surface area contributed by atoms with Gasteiger partial charge in [0.2, 0.25) is 0 Å². The molecule has 1 aromatic rings. The van der Waals surface area contributed by atoms with E-state index >= 15 is 0 Å². The van der Waals surface area contributed by atoms with Crippen LogP contribution in [0.3, 0.4) is 0 Å². The van der Waals surface area contributed by atoms with Gasteiger partial charge in [-0.3, -0.25) is 9.36 Å². The van der Waals surface area contributed by atoms with Crippen molar-refractivity contribution < 1.29 is 0 Å². The van der Waals surface area contributed by atoms with Gasteiger partial charge in [0.1, 0.15) is 11.0 Å². The third-order valence-electron chi connectivity index (χ3n) is 2.91. The quantitative estimate of drug-likeness (QED) is 0.741. The van der Waals surface area contributed by atoms with Crippen LogP contribution in [0.5, 0.6) is 0 Å². The Balaban J connectivity index is 2.64. The summed E-state index contributed by atoms with van der Waals surface area (Å²) >= 11 is 18.1. The Kier molecular flexibility index (Phi) is 3.85. The number of hydrogen-bond donors (Lipinski definition) is 0. The second kappa shape index (κ2) is 5.08. The fourth-order valence-electron chi connectivity index (χ4n) is 1.92. The molecule has 0 bridgehead atoms. The van der Waals surface area contributed by atoms with Crippen LogP contribution in [-0.2, 0) is 0 Å². The summed E-state index contributed by atoms with van der Waals surface area (Å²) in [5.74, 6) is 0.526. The van der Waals surface area contributed by atoms with E-state index in [0.29, 0.717) is 27.9 Å². The van der Waals surface area contributed by atoms with Crippen LogP contribution in [0.1, 0.15) is 23.9 Å². The molecule has 2 rings (SSSR count). The molecule has 1 aromatic heterocycles. The summed E-state index contributed by atoms with van der Waals surface area (Å²) in [6.45, 7) is 3.37. The summed E-state index contributed by atoms with van der Waals surface area (Å²) in [5.41, 5.74) is 0.229. The highest BCUT2D eigenvalue weighted by atomic mass is 35.5. The molecule has 6 heteroatoms. The van der Waals surface area contributed by atoms with Crippen molar-refractivity contribution in [1.29, 1.82) is 0 Å². The number of nitrogens with zero attached hydrogens (tertiary/aromatic N) is 2. The average Bonchev–Trinajstić information content (AvgIpc) is 2.32. The lowest BCUT2D eigenvalue weighted by molar-refractivity contribution is 0.544. The Hall–Kier alpha value is -0.770. The number of hydrogen-bond acceptors (Lipinski definition) is 2. The van der Waals surface area contributed by atoms with Gasteiger partial charge in [-0.2, -0.15) is 0 Å². The molecule has 0 aliphatic heterocycles. The first-order valence-electron chi connectivity index (χ1n) is 5.40. The largest absolute Gasteiger partial charge is 0.288 e. The molecule has 0 N–H and O–H groups in total. The highest BCUT2D eigenvalue weighted by Gasteiger charge is 2.23. The molecule has 0 spiro atoms. The molecular formula is C12H11Cl3N2O. The van der Waals surface area contributed by atoms with Gasteiger partial charge in [0.25, 0.3) is 5.56 Å².